The maximum atomic E-state index is 5.72. The molecule has 0 aromatic carbocycles. The summed E-state index contributed by atoms with van der Waals surface area (Å²) < 4.78 is 0. The van der Waals surface area contributed by atoms with Crippen LogP contribution in [0.25, 0.3) is 0 Å². The molecular weight excluding hydrogens is 117 g/mol. The molecule has 0 rings (SSSR count). The van der Waals surface area contributed by atoms with E-state index in [0.717, 1.165) is 6.42 Å². The number of hydrogen-bond acceptors (Lipinski definition) is 1. The highest BCUT2D eigenvalue weighted by Gasteiger charge is 2.07. The number of halogens is 1. The Morgan fingerprint density at radius 2 is 1.78 bits per heavy atom. The quantitative estimate of drug-likeness (QED) is 0.630. The van der Waals surface area contributed by atoms with Crippen molar-refractivity contribution in [1.82, 2.24) is 0 Å². The van der Waals surface area contributed by atoms with Gasteiger partial charge in [0.25, 0.3) is 0 Å². The fraction of sp³-hybridized carbons (Fsp3) is 1.00. The highest BCUT2D eigenvalue weighted by molar-refractivity contribution is 4.70. The van der Waals surface area contributed by atoms with Crippen LogP contribution in [0.1, 0.15) is 40.0 Å². The zero-order valence-corrected chi connectivity index (χ0v) is 6.61. The lowest BCUT2D eigenvalue weighted by atomic mass is 9.99. The molecule has 2 N–H and O–H groups in total. The second-order valence-corrected chi connectivity index (χ2v) is 3.09. The molecule has 1 nitrogen and oxygen atoms in total. The second-order valence-electron chi connectivity index (χ2n) is 3.09. The summed E-state index contributed by atoms with van der Waals surface area (Å²) in [7, 11) is 0. The Morgan fingerprint density at radius 1 is 1.33 bits per heavy atom. The molecule has 0 saturated carbocycles. The third kappa shape index (κ3) is 11.4. The summed E-state index contributed by atoms with van der Waals surface area (Å²) in [5.41, 5.74) is 5.77. The maximum absolute atomic E-state index is 5.72. The normalized spacial score (nSPS) is 10.7. The standard InChI is InChI=1S/C7H17N.FH/c1-4-5-6-7(2,3)8;/h4-6,8H2,1-3H3;1H. The van der Waals surface area contributed by atoms with Crippen molar-refractivity contribution in [2.24, 2.45) is 5.73 Å². The molecule has 0 saturated heterocycles. The second kappa shape index (κ2) is 4.74. The summed E-state index contributed by atoms with van der Waals surface area (Å²) >= 11 is 0. The molecule has 0 radical (unpaired) electrons. The van der Waals surface area contributed by atoms with Crippen molar-refractivity contribution in [3.63, 3.8) is 0 Å². The first kappa shape index (κ1) is 11.7. The molecule has 58 valence electrons. The van der Waals surface area contributed by atoms with Crippen LogP contribution in [-0.2, 0) is 0 Å². The van der Waals surface area contributed by atoms with Crippen molar-refractivity contribution in [1.29, 1.82) is 0 Å². The van der Waals surface area contributed by atoms with Crippen LogP contribution in [0.4, 0.5) is 4.70 Å². The van der Waals surface area contributed by atoms with Gasteiger partial charge in [0.1, 0.15) is 0 Å². The largest absolute Gasteiger partial charge is 0.326 e. The van der Waals surface area contributed by atoms with E-state index in [9.17, 15) is 0 Å². The summed E-state index contributed by atoms with van der Waals surface area (Å²) in [5.74, 6) is 0. The van der Waals surface area contributed by atoms with Crippen LogP contribution in [0.5, 0.6) is 0 Å². The van der Waals surface area contributed by atoms with Crippen LogP contribution in [0.2, 0.25) is 0 Å². The van der Waals surface area contributed by atoms with E-state index in [-0.39, 0.29) is 10.2 Å². The van der Waals surface area contributed by atoms with Gasteiger partial charge in [-0.3, -0.25) is 4.70 Å². The predicted octanol–water partition coefficient (Wildman–Crippen LogP) is 2.07. The van der Waals surface area contributed by atoms with Crippen molar-refractivity contribution in [2.75, 3.05) is 0 Å². The van der Waals surface area contributed by atoms with E-state index in [2.05, 4.69) is 20.8 Å². The van der Waals surface area contributed by atoms with E-state index in [1.54, 1.807) is 0 Å². The molecule has 0 atom stereocenters. The smallest absolute Gasteiger partial charge is 0.00970 e. The first-order chi connectivity index (χ1) is 3.56. The van der Waals surface area contributed by atoms with Crippen LogP contribution in [0, 0.1) is 0 Å². The molecule has 0 heterocycles. The Balaban J connectivity index is 0. The minimum atomic E-state index is 0. The number of nitrogens with two attached hydrogens (primary N) is 1. The summed E-state index contributed by atoms with van der Waals surface area (Å²) in [6.45, 7) is 6.33. The van der Waals surface area contributed by atoms with Gasteiger partial charge in [-0.1, -0.05) is 19.8 Å². The molecule has 0 aromatic heterocycles. The van der Waals surface area contributed by atoms with E-state index in [4.69, 9.17) is 5.73 Å². The van der Waals surface area contributed by atoms with E-state index in [0.29, 0.717) is 0 Å². The zero-order chi connectivity index (χ0) is 6.62. The molecular formula is C7H18FN. The Bertz CT molecular complexity index is 56.4. The van der Waals surface area contributed by atoms with Gasteiger partial charge in [0.15, 0.2) is 0 Å². The Labute approximate surface area is 57.0 Å². The molecule has 0 spiro atoms. The zero-order valence-electron chi connectivity index (χ0n) is 6.61. The van der Waals surface area contributed by atoms with Crippen molar-refractivity contribution >= 4 is 0 Å². The van der Waals surface area contributed by atoms with Gasteiger partial charge in [-0.25, -0.2) is 0 Å². The van der Waals surface area contributed by atoms with Gasteiger partial charge in [-0.2, -0.15) is 0 Å². The fourth-order valence-corrected chi connectivity index (χ4v) is 0.632. The molecule has 0 fully saturated rings. The topological polar surface area (TPSA) is 26.0 Å². The van der Waals surface area contributed by atoms with Gasteiger partial charge >= 0.3 is 0 Å². The number of rotatable bonds is 3. The summed E-state index contributed by atoms with van der Waals surface area (Å²) in [5, 5.41) is 0. The van der Waals surface area contributed by atoms with Gasteiger partial charge in [-0.05, 0) is 20.3 Å². The van der Waals surface area contributed by atoms with Gasteiger partial charge in [-0.15, -0.1) is 0 Å². The van der Waals surface area contributed by atoms with Gasteiger partial charge in [0.05, 0.1) is 0 Å². The van der Waals surface area contributed by atoms with E-state index >= 15 is 0 Å². The fourth-order valence-electron chi connectivity index (χ4n) is 0.632. The number of hydrogen-bond donors (Lipinski definition) is 1. The minimum absolute atomic E-state index is 0. The molecule has 0 aliphatic heterocycles. The summed E-state index contributed by atoms with van der Waals surface area (Å²) in [6, 6.07) is 0. The van der Waals surface area contributed by atoms with Gasteiger partial charge in [0, 0.05) is 5.54 Å². The lowest BCUT2D eigenvalue weighted by Gasteiger charge is -2.16. The Morgan fingerprint density at radius 3 is 1.89 bits per heavy atom. The molecule has 0 aliphatic rings. The molecule has 0 amide bonds. The van der Waals surface area contributed by atoms with Gasteiger partial charge in [0.2, 0.25) is 0 Å². The Hall–Kier alpha value is -0.110. The van der Waals surface area contributed by atoms with Gasteiger partial charge < -0.3 is 5.73 Å². The SMILES string of the molecule is CCCCC(C)(C)N.F. The monoisotopic (exact) mass is 135 g/mol. The molecule has 0 aromatic rings. The number of unbranched alkanes of at least 4 members (excludes halogenated alkanes) is 1. The third-order valence-corrected chi connectivity index (χ3v) is 1.17. The van der Waals surface area contributed by atoms with Crippen molar-refractivity contribution < 1.29 is 4.70 Å². The van der Waals surface area contributed by atoms with E-state index < -0.39 is 0 Å². The summed E-state index contributed by atoms with van der Waals surface area (Å²) in [6.07, 6.45) is 3.65. The average Bonchev–Trinajstić information content (AvgIpc) is 1.59. The lowest BCUT2D eigenvalue weighted by Crippen LogP contribution is -2.31. The van der Waals surface area contributed by atoms with Crippen LogP contribution >= 0.6 is 0 Å². The first-order valence-corrected chi connectivity index (χ1v) is 3.35. The van der Waals surface area contributed by atoms with Crippen molar-refractivity contribution in [3.8, 4) is 0 Å². The van der Waals surface area contributed by atoms with E-state index in [1.165, 1.54) is 12.8 Å². The van der Waals surface area contributed by atoms with Crippen LogP contribution in [0.3, 0.4) is 0 Å². The third-order valence-electron chi connectivity index (χ3n) is 1.17. The highest BCUT2D eigenvalue weighted by Crippen LogP contribution is 2.07. The van der Waals surface area contributed by atoms with Crippen LogP contribution in [-0.4, -0.2) is 5.54 Å². The molecule has 2 heteroatoms. The average molecular weight is 135 g/mol. The molecule has 0 bridgehead atoms. The van der Waals surface area contributed by atoms with Crippen molar-refractivity contribution in [2.45, 2.75) is 45.6 Å². The highest BCUT2D eigenvalue weighted by atomic mass is 19.0. The van der Waals surface area contributed by atoms with Crippen LogP contribution in [0.15, 0.2) is 0 Å². The lowest BCUT2D eigenvalue weighted by molar-refractivity contribution is 0.456. The van der Waals surface area contributed by atoms with E-state index in [1.807, 2.05) is 0 Å². The molecule has 0 aliphatic carbocycles. The first-order valence-electron chi connectivity index (χ1n) is 3.35. The van der Waals surface area contributed by atoms with Crippen molar-refractivity contribution in [3.05, 3.63) is 0 Å². The minimum Gasteiger partial charge on any atom is -0.326 e. The molecule has 0 unspecified atom stereocenters. The predicted molar refractivity (Wildman–Crippen MR) is 40.3 cm³/mol. The maximum Gasteiger partial charge on any atom is 0.00970 e. The summed E-state index contributed by atoms with van der Waals surface area (Å²) in [4.78, 5) is 0. The Kier molecular flexibility index (Phi) is 6.14. The molecule has 9 heavy (non-hydrogen) atoms. The van der Waals surface area contributed by atoms with Crippen LogP contribution < -0.4 is 5.73 Å².